The average molecular weight is 423 g/mol. The largest absolute Gasteiger partial charge is 0.466 e. The van der Waals surface area contributed by atoms with Gasteiger partial charge in [-0.05, 0) is 33.1 Å². The molecule has 0 saturated carbocycles. The van der Waals surface area contributed by atoms with Gasteiger partial charge in [-0.15, -0.1) is 6.58 Å². The van der Waals surface area contributed by atoms with Crippen LogP contribution in [0.25, 0.3) is 0 Å². The number of ether oxygens (including phenoxy) is 2. The molecule has 3 fully saturated rings. The first-order valence-corrected chi connectivity index (χ1v) is 11.0. The van der Waals surface area contributed by atoms with E-state index in [1.807, 2.05) is 6.92 Å². The van der Waals surface area contributed by atoms with Crippen LogP contribution in [0.4, 0.5) is 0 Å². The van der Waals surface area contributed by atoms with Crippen LogP contribution in [-0.2, 0) is 23.9 Å². The zero-order chi connectivity index (χ0) is 22.1. The second kappa shape index (κ2) is 9.06. The summed E-state index contributed by atoms with van der Waals surface area (Å²) in [5.41, 5.74) is -1.04. The Balaban J connectivity index is 2.00. The normalized spacial score (nSPS) is 32.8. The lowest BCUT2D eigenvalue weighted by atomic mass is 9.70. The summed E-state index contributed by atoms with van der Waals surface area (Å²) in [6, 6.07) is -0.882. The molecule has 2 amide bonds. The monoisotopic (exact) mass is 422 g/mol. The van der Waals surface area contributed by atoms with Gasteiger partial charge in [-0.1, -0.05) is 19.4 Å². The third-order valence-corrected chi connectivity index (χ3v) is 6.78. The number of likely N-dealkylation sites (tertiary alicyclic amines) is 1. The summed E-state index contributed by atoms with van der Waals surface area (Å²) < 4.78 is 11.5. The smallest absolute Gasteiger partial charge is 0.312 e. The van der Waals surface area contributed by atoms with Crippen LogP contribution >= 0.6 is 0 Å². The lowest BCUT2D eigenvalue weighted by molar-refractivity contribution is -0.155. The third-order valence-electron chi connectivity index (χ3n) is 6.78. The van der Waals surface area contributed by atoms with Crippen molar-refractivity contribution in [2.45, 2.75) is 70.2 Å². The zero-order valence-corrected chi connectivity index (χ0v) is 18.2. The number of amides is 2. The van der Waals surface area contributed by atoms with Gasteiger partial charge in [0.1, 0.15) is 11.6 Å². The summed E-state index contributed by atoms with van der Waals surface area (Å²) >= 11 is 0. The highest BCUT2D eigenvalue weighted by atomic mass is 16.6. The maximum atomic E-state index is 13.8. The molecule has 3 heterocycles. The molecule has 0 aromatic carbocycles. The van der Waals surface area contributed by atoms with E-state index in [0.717, 1.165) is 12.8 Å². The molecule has 0 aromatic rings. The van der Waals surface area contributed by atoms with Crippen LogP contribution in [0, 0.1) is 11.8 Å². The molecule has 8 heteroatoms. The fraction of sp³-hybridized carbons (Fsp3) is 0.773. The van der Waals surface area contributed by atoms with Gasteiger partial charge in [0, 0.05) is 19.1 Å². The molecule has 1 spiro atoms. The van der Waals surface area contributed by atoms with Gasteiger partial charge in [0.25, 0.3) is 0 Å². The van der Waals surface area contributed by atoms with Crippen LogP contribution in [0.15, 0.2) is 12.7 Å². The van der Waals surface area contributed by atoms with E-state index in [9.17, 15) is 19.5 Å². The number of esters is 1. The molecule has 0 aromatic heterocycles. The van der Waals surface area contributed by atoms with Crippen molar-refractivity contribution >= 4 is 17.8 Å². The number of rotatable bonds is 10. The van der Waals surface area contributed by atoms with E-state index in [2.05, 4.69) is 13.5 Å². The number of carbonyl (C=O) groups excluding carboxylic acids is 3. The van der Waals surface area contributed by atoms with Crippen molar-refractivity contribution in [3.63, 3.8) is 0 Å². The van der Waals surface area contributed by atoms with Crippen LogP contribution in [0.2, 0.25) is 0 Å². The van der Waals surface area contributed by atoms with Crippen LogP contribution in [0.5, 0.6) is 0 Å². The standard InChI is InChI=1S/C22H34N2O6/c1-5-8-14(4)23(11-6-2)20(27)18-22-10-9-15(30-22)16(21(28)29-7-3)17(22)19(26)24(18)12-13-25/h6,14-18,25H,2,5,7-13H2,1,3-4H3/t14?,15-,16+,17-,18?,22?/m0/s1. The van der Waals surface area contributed by atoms with Gasteiger partial charge in [-0.3, -0.25) is 14.4 Å². The lowest BCUT2D eigenvalue weighted by Crippen LogP contribution is -2.58. The Morgan fingerprint density at radius 2 is 2.20 bits per heavy atom. The van der Waals surface area contributed by atoms with Crippen LogP contribution in [0.3, 0.4) is 0 Å². The van der Waals surface area contributed by atoms with Gasteiger partial charge in [0.15, 0.2) is 0 Å². The maximum absolute atomic E-state index is 13.8. The van der Waals surface area contributed by atoms with E-state index < -0.39 is 35.6 Å². The van der Waals surface area contributed by atoms with Crippen molar-refractivity contribution in [3.8, 4) is 0 Å². The molecular weight excluding hydrogens is 388 g/mol. The van der Waals surface area contributed by atoms with Crippen LogP contribution in [-0.4, -0.2) is 82.8 Å². The number of hydrogen-bond donors (Lipinski definition) is 1. The van der Waals surface area contributed by atoms with Crippen LogP contribution < -0.4 is 0 Å². The minimum absolute atomic E-state index is 0.0264. The molecular formula is C22H34N2O6. The minimum atomic E-state index is -1.04. The van der Waals surface area contributed by atoms with E-state index in [1.54, 1.807) is 17.9 Å². The highest BCUT2D eigenvalue weighted by Gasteiger charge is 2.75. The van der Waals surface area contributed by atoms with Gasteiger partial charge in [0.2, 0.25) is 11.8 Å². The molecule has 1 N–H and O–H groups in total. The molecule has 3 aliphatic rings. The third kappa shape index (κ3) is 3.43. The summed E-state index contributed by atoms with van der Waals surface area (Å²) in [5.74, 6) is -2.40. The molecule has 8 nitrogen and oxygen atoms in total. The SMILES string of the molecule is C=CCN(C(=O)C1N(CCO)C(=O)[C@@H]2[C@H](C(=O)OCC)[C@@H]3CCC12O3)C(C)CCC. The predicted molar refractivity (Wildman–Crippen MR) is 109 cm³/mol. The summed E-state index contributed by atoms with van der Waals surface area (Å²) in [6.07, 6.45) is 4.16. The van der Waals surface area contributed by atoms with E-state index in [0.29, 0.717) is 19.4 Å². The first kappa shape index (κ1) is 22.7. The summed E-state index contributed by atoms with van der Waals surface area (Å²) in [5, 5.41) is 9.60. The Bertz CT molecular complexity index is 697. The molecule has 0 aliphatic carbocycles. The quantitative estimate of drug-likeness (QED) is 0.419. The average Bonchev–Trinajstić information content (AvgIpc) is 3.34. The highest BCUT2D eigenvalue weighted by Crippen LogP contribution is 2.58. The van der Waals surface area contributed by atoms with Crippen molar-refractivity contribution in [1.82, 2.24) is 9.80 Å². The fourth-order valence-electron chi connectivity index (χ4n) is 5.64. The molecule has 3 unspecified atom stereocenters. The molecule has 2 bridgehead atoms. The maximum Gasteiger partial charge on any atom is 0.312 e. The summed E-state index contributed by atoms with van der Waals surface area (Å²) in [7, 11) is 0. The second-order valence-electron chi connectivity index (χ2n) is 8.48. The van der Waals surface area contributed by atoms with Gasteiger partial charge < -0.3 is 24.4 Å². The van der Waals surface area contributed by atoms with E-state index in [-0.39, 0.29) is 37.6 Å². The van der Waals surface area contributed by atoms with E-state index in [1.165, 1.54) is 4.90 Å². The predicted octanol–water partition coefficient (Wildman–Crippen LogP) is 1.12. The number of fused-ring (bicyclic) bond motifs is 1. The number of β-amino-alcohol motifs (C(OH)–C–C–N with tert-alkyl or cyclic N) is 1. The Labute approximate surface area is 178 Å². The summed E-state index contributed by atoms with van der Waals surface area (Å²) in [6.45, 7) is 9.91. The summed E-state index contributed by atoms with van der Waals surface area (Å²) in [4.78, 5) is 43.1. The molecule has 6 atom stereocenters. The Morgan fingerprint density at radius 1 is 1.47 bits per heavy atom. The number of aliphatic hydroxyl groups is 1. The Hall–Kier alpha value is -1.93. The number of hydrogen-bond acceptors (Lipinski definition) is 6. The van der Waals surface area contributed by atoms with Crippen molar-refractivity contribution in [1.29, 1.82) is 0 Å². The molecule has 30 heavy (non-hydrogen) atoms. The number of nitrogens with zero attached hydrogens (tertiary/aromatic N) is 2. The molecule has 3 rings (SSSR count). The fourth-order valence-corrected chi connectivity index (χ4v) is 5.64. The van der Waals surface area contributed by atoms with Crippen molar-refractivity contribution in [2.24, 2.45) is 11.8 Å². The molecule has 3 aliphatic heterocycles. The van der Waals surface area contributed by atoms with Gasteiger partial charge in [-0.25, -0.2) is 0 Å². The number of aliphatic hydroxyl groups excluding tert-OH is 1. The number of carbonyl (C=O) groups is 3. The minimum Gasteiger partial charge on any atom is -0.466 e. The van der Waals surface area contributed by atoms with Crippen molar-refractivity contribution in [2.75, 3.05) is 26.3 Å². The molecule has 0 radical (unpaired) electrons. The van der Waals surface area contributed by atoms with Gasteiger partial charge in [-0.2, -0.15) is 0 Å². The Kier molecular flexibility index (Phi) is 6.87. The Morgan fingerprint density at radius 3 is 2.80 bits per heavy atom. The highest BCUT2D eigenvalue weighted by molar-refractivity contribution is 5.98. The van der Waals surface area contributed by atoms with Gasteiger partial charge in [0.05, 0.1) is 31.2 Å². The first-order chi connectivity index (χ1) is 14.4. The van der Waals surface area contributed by atoms with Crippen molar-refractivity contribution < 1.29 is 29.0 Å². The zero-order valence-electron chi connectivity index (χ0n) is 18.2. The molecule has 168 valence electrons. The van der Waals surface area contributed by atoms with E-state index >= 15 is 0 Å². The van der Waals surface area contributed by atoms with E-state index in [4.69, 9.17) is 9.47 Å². The van der Waals surface area contributed by atoms with Crippen LogP contribution in [0.1, 0.15) is 46.5 Å². The lowest BCUT2D eigenvalue weighted by Gasteiger charge is -2.38. The topological polar surface area (TPSA) is 96.4 Å². The first-order valence-electron chi connectivity index (χ1n) is 11.0. The van der Waals surface area contributed by atoms with Crippen molar-refractivity contribution in [3.05, 3.63) is 12.7 Å². The molecule has 3 saturated heterocycles. The second-order valence-corrected chi connectivity index (χ2v) is 8.48. The van der Waals surface area contributed by atoms with Gasteiger partial charge >= 0.3 is 5.97 Å².